The van der Waals surface area contributed by atoms with E-state index in [1.807, 2.05) is 31.2 Å². The van der Waals surface area contributed by atoms with Crippen molar-refractivity contribution in [2.75, 3.05) is 0 Å². The molecule has 0 fully saturated rings. The van der Waals surface area contributed by atoms with Gasteiger partial charge in [0.05, 0.1) is 11.7 Å². The number of carbonyl (C=O) groups excluding carboxylic acids is 1. The quantitative estimate of drug-likeness (QED) is 0.684. The number of hydrogen-bond donors (Lipinski definition) is 0. The molecule has 94 valence electrons. The number of fused-ring (bicyclic) bond motifs is 1. The van der Waals surface area contributed by atoms with Crippen molar-refractivity contribution in [2.24, 2.45) is 0 Å². The molecule has 2 aromatic heterocycles. The molecule has 1 aromatic carbocycles. The molecule has 5 nitrogen and oxygen atoms in total. The summed E-state index contributed by atoms with van der Waals surface area (Å²) in [6, 6.07) is 11.1. The minimum absolute atomic E-state index is 0.118. The van der Waals surface area contributed by atoms with E-state index in [1.54, 1.807) is 12.3 Å². The van der Waals surface area contributed by atoms with Crippen molar-refractivity contribution >= 4 is 11.6 Å². The van der Waals surface area contributed by atoms with Crippen LogP contribution in [-0.4, -0.2) is 20.6 Å². The summed E-state index contributed by atoms with van der Waals surface area (Å²) >= 11 is 0. The molecule has 0 amide bonds. The number of aromatic carboxylic acids is 1. The molecular formula is C14H10N3O2-. The van der Waals surface area contributed by atoms with Gasteiger partial charge < -0.3 is 9.90 Å². The Kier molecular flexibility index (Phi) is 2.52. The lowest BCUT2D eigenvalue weighted by Crippen LogP contribution is -2.22. The van der Waals surface area contributed by atoms with Crippen LogP contribution in [-0.2, 0) is 0 Å². The summed E-state index contributed by atoms with van der Waals surface area (Å²) in [7, 11) is 0. The summed E-state index contributed by atoms with van der Waals surface area (Å²) in [5.74, 6) is -1.30. The van der Waals surface area contributed by atoms with Gasteiger partial charge in [-0.05, 0) is 19.1 Å². The van der Waals surface area contributed by atoms with E-state index in [-0.39, 0.29) is 5.69 Å². The first kappa shape index (κ1) is 11.4. The highest BCUT2D eigenvalue weighted by Gasteiger charge is 2.08. The number of carboxylic acids is 1. The second-order valence-electron chi connectivity index (χ2n) is 4.29. The van der Waals surface area contributed by atoms with Crippen LogP contribution in [0.3, 0.4) is 0 Å². The van der Waals surface area contributed by atoms with Gasteiger partial charge in [-0.25, -0.2) is 9.50 Å². The molecule has 2 heterocycles. The number of nitrogens with zero attached hydrogens (tertiary/aromatic N) is 3. The zero-order valence-corrected chi connectivity index (χ0v) is 10.2. The van der Waals surface area contributed by atoms with E-state index in [1.165, 1.54) is 10.6 Å². The largest absolute Gasteiger partial charge is 0.543 e. The number of carbonyl (C=O) groups is 1. The molecular weight excluding hydrogens is 242 g/mol. The molecule has 0 N–H and O–H groups in total. The van der Waals surface area contributed by atoms with Crippen molar-refractivity contribution in [1.82, 2.24) is 14.6 Å². The number of rotatable bonds is 2. The van der Waals surface area contributed by atoms with Crippen LogP contribution in [0.2, 0.25) is 0 Å². The Morgan fingerprint density at radius 1 is 1.26 bits per heavy atom. The zero-order chi connectivity index (χ0) is 13.4. The van der Waals surface area contributed by atoms with Crippen LogP contribution in [0.15, 0.2) is 42.6 Å². The van der Waals surface area contributed by atoms with E-state index in [0.717, 1.165) is 16.8 Å². The highest BCUT2D eigenvalue weighted by Crippen LogP contribution is 2.20. The normalized spacial score (nSPS) is 10.8. The Hall–Kier alpha value is -2.69. The van der Waals surface area contributed by atoms with Gasteiger partial charge in [0.2, 0.25) is 0 Å². The summed E-state index contributed by atoms with van der Waals surface area (Å²) in [6.45, 7) is 2.00. The van der Waals surface area contributed by atoms with E-state index in [4.69, 9.17) is 0 Å². The summed E-state index contributed by atoms with van der Waals surface area (Å²) in [4.78, 5) is 15.0. The molecule has 19 heavy (non-hydrogen) atoms. The molecule has 3 rings (SSSR count). The predicted octanol–water partition coefficient (Wildman–Crippen LogP) is 1.07. The van der Waals surface area contributed by atoms with Crippen LogP contribution in [0.1, 0.15) is 16.1 Å². The van der Waals surface area contributed by atoms with Gasteiger partial charge in [0.15, 0.2) is 5.65 Å². The van der Waals surface area contributed by atoms with Gasteiger partial charge in [0, 0.05) is 17.8 Å². The monoisotopic (exact) mass is 252 g/mol. The fourth-order valence-corrected chi connectivity index (χ4v) is 2.02. The molecule has 0 aliphatic rings. The molecule has 0 saturated heterocycles. The average Bonchev–Trinajstić information content (AvgIpc) is 2.82. The Bertz CT molecular complexity index is 777. The summed E-state index contributed by atoms with van der Waals surface area (Å²) in [5.41, 5.74) is 3.24. The SMILES string of the molecule is Cc1cccc(-c2ccnc3cc(C(=O)[O-])nn23)c1. The lowest BCUT2D eigenvalue weighted by Gasteiger charge is -2.05. The first-order valence-electron chi connectivity index (χ1n) is 5.78. The number of aryl methyl sites for hydroxylation is 1. The molecule has 0 aliphatic carbocycles. The lowest BCUT2D eigenvalue weighted by molar-refractivity contribution is -0.255. The Morgan fingerprint density at radius 3 is 2.84 bits per heavy atom. The van der Waals surface area contributed by atoms with Crippen LogP contribution >= 0.6 is 0 Å². The van der Waals surface area contributed by atoms with Gasteiger partial charge in [-0.2, -0.15) is 5.10 Å². The minimum Gasteiger partial charge on any atom is -0.543 e. The standard InChI is InChI=1S/C14H11N3O2/c1-9-3-2-4-10(7-9)12-5-6-15-13-8-11(14(18)19)16-17(12)13/h2-8H,1H3,(H,18,19)/p-1. The van der Waals surface area contributed by atoms with Crippen LogP contribution in [0.4, 0.5) is 0 Å². The van der Waals surface area contributed by atoms with Gasteiger partial charge in [-0.15, -0.1) is 0 Å². The fraction of sp³-hybridized carbons (Fsp3) is 0.0714. The van der Waals surface area contributed by atoms with Crippen molar-refractivity contribution in [3.63, 3.8) is 0 Å². The summed E-state index contributed by atoms with van der Waals surface area (Å²) in [5, 5.41) is 14.9. The maximum Gasteiger partial charge on any atom is 0.156 e. The topological polar surface area (TPSA) is 70.3 Å². The van der Waals surface area contributed by atoms with Gasteiger partial charge in [-0.3, -0.25) is 0 Å². The highest BCUT2D eigenvalue weighted by atomic mass is 16.4. The first-order valence-corrected chi connectivity index (χ1v) is 5.78. The third kappa shape index (κ3) is 1.95. The third-order valence-corrected chi connectivity index (χ3v) is 2.88. The van der Waals surface area contributed by atoms with E-state index in [2.05, 4.69) is 10.1 Å². The molecule has 3 aromatic rings. The molecule has 0 atom stereocenters. The fourth-order valence-electron chi connectivity index (χ4n) is 2.02. The molecule has 0 bridgehead atoms. The molecule has 0 unspecified atom stereocenters. The van der Waals surface area contributed by atoms with E-state index >= 15 is 0 Å². The second-order valence-corrected chi connectivity index (χ2v) is 4.29. The number of benzene rings is 1. The third-order valence-electron chi connectivity index (χ3n) is 2.88. The predicted molar refractivity (Wildman–Crippen MR) is 67.5 cm³/mol. The van der Waals surface area contributed by atoms with Gasteiger partial charge >= 0.3 is 0 Å². The van der Waals surface area contributed by atoms with E-state index in [0.29, 0.717) is 5.65 Å². The van der Waals surface area contributed by atoms with E-state index in [9.17, 15) is 9.90 Å². The number of aromatic nitrogens is 3. The Labute approximate surface area is 109 Å². The average molecular weight is 252 g/mol. The Balaban J connectivity index is 2.26. The second kappa shape index (κ2) is 4.20. The lowest BCUT2D eigenvalue weighted by atomic mass is 10.1. The molecule has 0 spiro atoms. The van der Waals surface area contributed by atoms with Crippen LogP contribution in [0, 0.1) is 6.92 Å². The van der Waals surface area contributed by atoms with Crippen LogP contribution in [0.25, 0.3) is 16.9 Å². The van der Waals surface area contributed by atoms with Gasteiger partial charge in [0.1, 0.15) is 5.69 Å². The maximum atomic E-state index is 10.9. The minimum atomic E-state index is -1.30. The van der Waals surface area contributed by atoms with Crippen molar-refractivity contribution in [1.29, 1.82) is 0 Å². The van der Waals surface area contributed by atoms with Crippen molar-refractivity contribution in [2.45, 2.75) is 6.92 Å². The van der Waals surface area contributed by atoms with Crippen molar-refractivity contribution < 1.29 is 9.90 Å². The summed E-state index contributed by atoms with van der Waals surface area (Å²) in [6.07, 6.45) is 1.63. The van der Waals surface area contributed by atoms with Gasteiger partial charge in [-0.1, -0.05) is 23.8 Å². The molecule has 5 heteroatoms. The van der Waals surface area contributed by atoms with E-state index < -0.39 is 5.97 Å². The molecule has 0 aliphatic heterocycles. The number of carboxylic acid groups (broad SMARTS) is 1. The summed E-state index contributed by atoms with van der Waals surface area (Å²) < 4.78 is 1.51. The first-order chi connectivity index (χ1) is 9.15. The smallest absolute Gasteiger partial charge is 0.156 e. The van der Waals surface area contributed by atoms with Crippen molar-refractivity contribution in [3.05, 3.63) is 53.9 Å². The maximum absolute atomic E-state index is 10.9. The van der Waals surface area contributed by atoms with Crippen molar-refractivity contribution in [3.8, 4) is 11.3 Å². The van der Waals surface area contributed by atoms with Gasteiger partial charge in [0.25, 0.3) is 0 Å². The molecule has 0 saturated carbocycles. The number of hydrogen-bond acceptors (Lipinski definition) is 4. The Morgan fingerprint density at radius 2 is 2.11 bits per heavy atom. The van der Waals surface area contributed by atoms with Crippen LogP contribution < -0.4 is 5.11 Å². The molecule has 0 radical (unpaired) electrons. The zero-order valence-electron chi connectivity index (χ0n) is 10.2. The van der Waals surface area contributed by atoms with Crippen LogP contribution in [0.5, 0.6) is 0 Å². The highest BCUT2D eigenvalue weighted by molar-refractivity contribution is 5.85.